The van der Waals surface area contributed by atoms with Gasteiger partial charge < -0.3 is 14.9 Å². The van der Waals surface area contributed by atoms with Gasteiger partial charge in [0.2, 0.25) is 0 Å². The van der Waals surface area contributed by atoms with Crippen molar-refractivity contribution >= 4 is 5.97 Å². The minimum atomic E-state index is -0.844. The van der Waals surface area contributed by atoms with Crippen molar-refractivity contribution < 1.29 is 19.7 Å². The molecule has 156 valence electrons. The summed E-state index contributed by atoms with van der Waals surface area (Å²) in [7, 11) is 0. The first-order valence-electron chi connectivity index (χ1n) is 11.5. The highest BCUT2D eigenvalue weighted by Gasteiger charge is 2.70. The maximum absolute atomic E-state index is 12.2. The van der Waals surface area contributed by atoms with Crippen LogP contribution >= 0.6 is 0 Å². The highest BCUT2D eigenvalue weighted by molar-refractivity contribution is 5.85. The molecule has 0 amide bonds. The molecule has 2 N–H and O–H groups in total. The molecule has 1 heterocycles. The summed E-state index contributed by atoms with van der Waals surface area (Å²) >= 11 is 0. The van der Waals surface area contributed by atoms with E-state index in [1.165, 1.54) is 25.7 Å². The maximum Gasteiger partial charge on any atom is 0.331 e. The standard InChI is InChI=1S/C24H36O4/c1-14-6-8-22(2)16(10-14)4-5-18-19(22)12-20(25)23(3)17(7-9-24(18,23)27)15-11-21(26)28-13-15/h11,14,16-20,25,27H,4-10,12-13H2,1-3H3. The molecule has 0 saturated heterocycles. The number of aliphatic hydroxyl groups is 2. The Bertz CT molecular complexity index is 715. The molecule has 0 bridgehead atoms. The molecule has 28 heavy (non-hydrogen) atoms. The average molecular weight is 389 g/mol. The lowest BCUT2D eigenvalue weighted by atomic mass is 9.42. The number of carbonyl (C=O) groups excluding carboxylic acids is 1. The number of aliphatic hydroxyl groups excluding tert-OH is 1. The Balaban J connectivity index is 1.51. The zero-order valence-corrected chi connectivity index (χ0v) is 17.6. The molecule has 0 aromatic rings. The molecule has 4 heteroatoms. The van der Waals surface area contributed by atoms with Gasteiger partial charge in [-0.05, 0) is 85.5 Å². The van der Waals surface area contributed by atoms with Gasteiger partial charge in [0.15, 0.2) is 0 Å². The second kappa shape index (κ2) is 6.07. The summed E-state index contributed by atoms with van der Waals surface area (Å²) in [5.41, 5.74) is -0.202. The van der Waals surface area contributed by atoms with Crippen molar-refractivity contribution in [1.29, 1.82) is 0 Å². The zero-order chi connectivity index (χ0) is 19.9. The van der Waals surface area contributed by atoms with Crippen molar-refractivity contribution in [2.45, 2.75) is 83.8 Å². The summed E-state index contributed by atoms with van der Waals surface area (Å²) in [4.78, 5) is 11.7. The summed E-state index contributed by atoms with van der Waals surface area (Å²) in [5.74, 6) is 1.97. The number of hydrogen-bond acceptors (Lipinski definition) is 4. The van der Waals surface area contributed by atoms with Crippen LogP contribution in [0.1, 0.15) is 72.1 Å². The second-order valence-corrected chi connectivity index (χ2v) is 11.2. The van der Waals surface area contributed by atoms with Crippen LogP contribution in [-0.2, 0) is 9.53 Å². The number of carbonyl (C=O) groups is 1. The monoisotopic (exact) mass is 388 g/mol. The molecular formula is C24H36O4. The van der Waals surface area contributed by atoms with Crippen LogP contribution in [-0.4, -0.2) is 34.5 Å². The smallest absolute Gasteiger partial charge is 0.331 e. The molecule has 1 aliphatic heterocycles. The van der Waals surface area contributed by atoms with Gasteiger partial charge in [-0.25, -0.2) is 4.79 Å². The van der Waals surface area contributed by atoms with Gasteiger partial charge in [-0.15, -0.1) is 0 Å². The Labute approximate surface area is 168 Å². The van der Waals surface area contributed by atoms with Crippen molar-refractivity contribution in [2.24, 2.45) is 40.4 Å². The number of cyclic esters (lactones) is 1. The Morgan fingerprint density at radius 1 is 1.07 bits per heavy atom. The summed E-state index contributed by atoms with van der Waals surface area (Å²) in [6.45, 7) is 7.25. The Morgan fingerprint density at radius 2 is 1.86 bits per heavy atom. The molecule has 4 aliphatic carbocycles. The van der Waals surface area contributed by atoms with E-state index in [2.05, 4.69) is 20.8 Å². The summed E-state index contributed by atoms with van der Waals surface area (Å²) in [5, 5.41) is 23.7. The molecule has 4 saturated carbocycles. The van der Waals surface area contributed by atoms with Crippen LogP contribution < -0.4 is 0 Å². The van der Waals surface area contributed by atoms with Gasteiger partial charge in [0, 0.05) is 11.5 Å². The van der Waals surface area contributed by atoms with Gasteiger partial charge in [0.05, 0.1) is 11.7 Å². The van der Waals surface area contributed by atoms with Crippen molar-refractivity contribution in [3.05, 3.63) is 11.6 Å². The molecule has 4 nitrogen and oxygen atoms in total. The molecule has 0 spiro atoms. The first-order valence-corrected chi connectivity index (χ1v) is 11.5. The Kier molecular flexibility index (Phi) is 4.15. The molecule has 0 aromatic carbocycles. The third-order valence-corrected chi connectivity index (χ3v) is 10.3. The fourth-order valence-electron chi connectivity index (χ4n) is 8.60. The number of esters is 1. The highest BCUT2D eigenvalue weighted by atomic mass is 16.5. The van der Waals surface area contributed by atoms with Crippen molar-refractivity contribution in [1.82, 2.24) is 0 Å². The number of ether oxygens (including phenoxy) is 1. The fraction of sp³-hybridized carbons (Fsp3) is 0.875. The summed E-state index contributed by atoms with van der Waals surface area (Å²) in [6.07, 6.45) is 9.56. The van der Waals surface area contributed by atoms with Crippen molar-refractivity contribution in [3.8, 4) is 0 Å². The van der Waals surface area contributed by atoms with E-state index in [0.29, 0.717) is 12.5 Å². The lowest BCUT2D eigenvalue weighted by Gasteiger charge is -2.65. The molecule has 0 aromatic heterocycles. The van der Waals surface area contributed by atoms with Gasteiger partial charge in [0.1, 0.15) is 6.61 Å². The predicted molar refractivity (Wildman–Crippen MR) is 106 cm³/mol. The topological polar surface area (TPSA) is 66.8 Å². The van der Waals surface area contributed by atoms with E-state index in [-0.39, 0.29) is 23.2 Å². The average Bonchev–Trinajstić information content (AvgIpc) is 3.19. The minimum absolute atomic E-state index is 0.0387. The van der Waals surface area contributed by atoms with E-state index in [0.717, 1.165) is 43.1 Å². The minimum Gasteiger partial charge on any atom is -0.458 e. The van der Waals surface area contributed by atoms with E-state index in [9.17, 15) is 15.0 Å². The van der Waals surface area contributed by atoms with E-state index in [1.807, 2.05) is 0 Å². The van der Waals surface area contributed by atoms with Crippen molar-refractivity contribution in [3.63, 3.8) is 0 Å². The molecule has 5 rings (SSSR count). The van der Waals surface area contributed by atoms with Crippen LogP contribution in [0.2, 0.25) is 0 Å². The molecule has 9 atom stereocenters. The number of hydrogen-bond donors (Lipinski definition) is 2. The van der Waals surface area contributed by atoms with Crippen LogP contribution in [0, 0.1) is 40.4 Å². The Hall–Kier alpha value is -0.870. The second-order valence-electron chi connectivity index (χ2n) is 11.2. The maximum atomic E-state index is 12.2. The van der Waals surface area contributed by atoms with Crippen LogP contribution in [0.25, 0.3) is 0 Å². The predicted octanol–water partition coefficient (Wildman–Crippen LogP) is 3.85. The first kappa shape index (κ1) is 19.1. The van der Waals surface area contributed by atoms with E-state index >= 15 is 0 Å². The molecule has 4 fully saturated rings. The number of fused-ring (bicyclic) bond motifs is 5. The first-order chi connectivity index (χ1) is 13.2. The van der Waals surface area contributed by atoms with E-state index < -0.39 is 17.1 Å². The fourth-order valence-corrected chi connectivity index (χ4v) is 8.60. The Morgan fingerprint density at radius 3 is 2.57 bits per heavy atom. The largest absolute Gasteiger partial charge is 0.458 e. The normalized spacial score (nSPS) is 55.8. The number of rotatable bonds is 1. The van der Waals surface area contributed by atoms with Crippen LogP contribution in [0.15, 0.2) is 11.6 Å². The zero-order valence-electron chi connectivity index (χ0n) is 17.6. The third kappa shape index (κ3) is 2.28. The highest BCUT2D eigenvalue weighted by Crippen LogP contribution is 2.70. The SMILES string of the molecule is CC1CCC2(C)C(CCC3C2CC(O)C2(C)C(C4=CC(=O)OC4)CCC32O)C1. The summed E-state index contributed by atoms with van der Waals surface area (Å²) < 4.78 is 5.18. The third-order valence-electron chi connectivity index (χ3n) is 10.3. The van der Waals surface area contributed by atoms with E-state index in [4.69, 9.17) is 4.74 Å². The molecule has 5 aliphatic rings. The summed E-state index contributed by atoms with van der Waals surface area (Å²) in [6, 6.07) is 0. The van der Waals surface area contributed by atoms with Crippen LogP contribution in [0.4, 0.5) is 0 Å². The van der Waals surface area contributed by atoms with Gasteiger partial charge in [-0.1, -0.05) is 27.2 Å². The van der Waals surface area contributed by atoms with Crippen LogP contribution in [0.5, 0.6) is 0 Å². The lowest BCUT2D eigenvalue weighted by Crippen LogP contribution is -2.66. The van der Waals surface area contributed by atoms with Gasteiger partial charge in [0.25, 0.3) is 0 Å². The quantitative estimate of drug-likeness (QED) is 0.670. The van der Waals surface area contributed by atoms with E-state index in [1.54, 1.807) is 6.08 Å². The van der Waals surface area contributed by atoms with Gasteiger partial charge >= 0.3 is 5.97 Å². The van der Waals surface area contributed by atoms with Crippen molar-refractivity contribution in [2.75, 3.05) is 6.61 Å². The molecule has 9 unspecified atom stereocenters. The lowest BCUT2D eigenvalue weighted by molar-refractivity contribution is -0.243. The van der Waals surface area contributed by atoms with Gasteiger partial charge in [-0.2, -0.15) is 0 Å². The molecule has 0 radical (unpaired) electrons. The van der Waals surface area contributed by atoms with Gasteiger partial charge in [-0.3, -0.25) is 0 Å². The van der Waals surface area contributed by atoms with Crippen LogP contribution in [0.3, 0.4) is 0 Å². The molecular weight excluding hydrogens is 352 g/mol.